The van der Waals surface area contributed by atoms with Gasteiger partial charge in [-0.15, -0.1) is 0 Å². The summed E-state index contributed by atoms with van der Waals surface area (Å²) in [4.78, 5) is 0. The van der Waals surface area contributed by atoms with Crippen LogP contribution in [0.5, 0.6) is 0 Å². The summed E-state index contributed by atoms with van der Waals surface area (Å²) >= 11 is 10.3. The molecule has 0 nitrogen and oxygen atoms in total. The number of hydrogen-bond donors (Lipinski definition) is 0. The Hall–Kier alpha value is 5.70. The average Bonchev–Trinajstić information content (AvgIpc) is 0.722. The van der Waals surface area contributed by atoms with Crippen molar-refractivity contribution >= 4 is 125 Å². The van der Waals surface area contributed by atoms with E-state index < -0.39 is 4.17 Å². The van der Waals surface area contributed by atoms with Crippen molar-refractivity contribution in [1.29, 1.82) is 0 Å². The van der Waals surface area contributed by atoms with Gasteiger partial charge in [0.2, 0.25) is 0 Å². The molecule has 0 amide bonds. The average molecular weight is 1120 g/mol. The van der Waals surface area contributed by atoms with Crippen LogP contribution in [0.25, 0.3) is 0 Å². The van der Waals surface area contributed by atoms with Crippen LogP contribution >= 0.6 is 70.7 Å². The Labute approximate surface area is 124 Å². The second-order valence-corrected chi connectivity index (χ2v) is 239. The number of hydrogen-bond acceptors (Lipinski definition) is 0. The van der Waals surface area contributed by atoms with Gasteiger partial charge in [0.05, 0.1) is 0 Å². The molecule has 0 aliphatic rings. The maximum atomic E-state index is 2.57. The predicted molar refractivity (Wildman–Crippen MR) is 67.6 cm³/mol. The monoisotopic (exact) mass is 1120 g/mol. The minimum atomic E-state index is -1.51. The molecule has 0 aliphatic carbocycles. The SMILES string of the molecule is [I][Hg-2]([I])([I])[I].[Tl+].[Tl+]. The minimum Gasteiger partial charge on any atom is 1.00 e. The van der Waals surface area contributed by atoms with Crippen LogP contribution in [0.1, 0.15) is 0 Å². The van der Waals surface area contributed by atoms with E-state index >= 15 is 0 Å². The molecular weight excluding hydrogens is 1120 g/mol. The third-order valence-corrected chi connectivity index (χ3v) is 0. The molecule has 0 fully saturated rings. The normalized spacial score (nSPS) is 8.57. The fourth-order valence-electron chi connectivity index (χ4n) is 0. The first-order chi connectivity index (χ1) is 2.00. The molecule has 0 atom stereocenters. The molecule has 0 heterocycles. The van der Waals surface area contributed by atoms with E-state index in [9.17, 15) is 0 Å². The quantitative estimate of drug-likeness (QED) is 0.259. The second-order valence-electron chi connectivity index (χ2n) is 0.606. The van der Waals surface area contributed by atoms with E-state index in [4.69, 9.17) is 0 Å². The van der Waals surface area contributed by atoms with Crippen molar-refractivity contribution in [2.45, 2.75) is 0 Å². The van der Waals surface area contributed by atoms with Crippen molar-refractivity contribution in [1.82, 2.24) is 0 Å². The maximum absolute atomic E-state index is 2.57. The molecular formula is HgI4Tl2. The fraction of sp³-hybridized carbons (Fsp3) is 0. The van der Waals surface area contributed by atoms with Gasteiger partial charge in [0.1, 0.15) is 0 Å². The molecule has 0 aromatic carbocycles. The van der Waals surface area contributed by atoms with E-state index in [2.05, 4.69) is 70.7 Å². The first kappa shape index (κ1) is 18.5. The molecule has 0 saturated heterocycles. The third-order valence-electron chi connectivity index (χ3n) is 0. The molecule has 0 N–H and O–H groups in total. The van der Waals surface area contributed by atoms with E-state index in [0.29, 0.717) is 0 Å². The number of rotatable bonds is 0. The Morgan fingerprint density at radius 1 is 0.714 bits per heavy atom. The molecule has 0 saturated carbocycles. The summed E-state index contributed by atoms with van der Waals surface area (Å²) in [6, 6.07) is 0. The van der Waals surface area contributed by atoms with Gasteiger partial charge >= 0.3 is 129 Å². The Balaban J connectivity index is -0.0000000800. The van der Waals surface area contributed by atoms with Crippen molar-refractivity contribution < 1.29 is 4.17 Å². The van der Waals surface area contributed by atoms with Crippen molar-refractivity contribution in [3.05, 3.63) is 0 Å². The van der Waals surface area contributed by atoms with Gasteiger partial charge in [-0.3, -0.25) is 0 Å². The first-order valence-electron chi connectivity index (χ1n) is 1.07. The van der Waals surface area contributed by atoms with Gasteiger partial charge in [-0.25, -0.2) is 0 Å². The zero-order valence-electron chi connectivity index (χ0n) is 3.37. The molecule has 0 aromatic rings. The van der Waals surface area contributed by atoms with Crippen molar-refractivity contribution in [2.75, 3.05) is 0 Å². The summed E-state index contributed by atoms with van der Waals surface area (Å²) in [6.07, 6.45) is 0. The van der Waals surface area contributed by atoms with Gasteiger partial charge in [-0.1, -0.05) is 0 Å². The molecule has 0 rings (SSSR count). The summed E-state index contributed by atoms with van der Waals surface area (Å²) in [6.45, 7) is 0. The van der Waals surface area contributed by atoms with Crippen molar-refractivity contribution in [3.8, 4) is 0 Å². The topological polar surface area (TPSA) is 0 Å². The summed E-state index contributed by atoms with van der Waals surface area (Å²) < 4.78 is -1.51. The van der Waals surface area contributed by atoms with Crippen LogP contribution in [0.4, 0.5) is 0 Å². The molecule has 0 bridgehead atoms. The van der Waals surface area contributed by atoms with E-state index in [1.165, 1.54) is 0 Å². The van der Waals surface area contributed by atoms with Crippen LogP contribution in [0, 0.1) is 0 Å². The zero-order valence-corrected chi connectivity index (χ0v) is 26.5. The summed E-state index contributed by atoms with van der Waals surface area (Å²) in [5.74, 6) is 0. The molecule has 7 heteroatoms. The predicted octanol–water partition coefficient (Wildman–Crippen LogP) is 2.78. The first-order valence-corrected chi connectivity index (χ1v) is 62.9. The van der Waals surface area contributed by atoms with E-state index in [1.54, 1.807) is 0 Å². The second kappa shape index (κ2) is 9.78. The van der Waals surface area contributed by atoms with E-state index in [1.807, 2.05) is 0 Å². The van der Waals surface area contributed by atoms with Crippen LogP contribution in [0.2, 0.25) is 0 Å². The standard InChI is InChI=1S/Hg.4HI.2Tl/h;4*1H;;/q+2;;;;;2*+1/p-4. The van der Waals surface area contributed by atoms with Crippen LogP contribution in [0.3, 0.4) is 0 Å². The van der Waals surface area contributed by atoms with Crippen LogP contribution in [-0.2, 0) is 4.17 Å². The van der Waals surface area contributed by atoms with Gasteiger partial charge in [0, 0.05) is 0 Å². The minimum absolute atomic E-state index is 0. The van der Waals surface area contributed by atoms with Crippen molar-refractivity contribution in [3.63, 3.8) is 0 Å². The third kappa shape index (κ3) is 33.9. The molecule has 0 unspecified atom stereocenters. The summed E-state index contributed by atoms with van der Waals surface area (Å²) in [5.41, 5.74) is 0. The van der Waals surface area contributed by atoms with E-state index in [-0.39, 0.29) is 54.6 Å². The van der Waals surface area contributed by atoms with Crippen LogP contribution < -0.4 is 0 Å². The molecule has 0 aromatic heterocycles. The molecule has 0 aliphatic heterocycles. The van der Waals surface area contributed by atoms with Gasteiger partial charge in [-0.05, 0) is 0 Å². The summed E-state index contributed by atoms with van der Waals surface area (Å²) in [5, 5.41) is 0. The van der Waals surface area contributed by atoms with E-state index in [0.717, 1.165) is 0 Å². The van der Waals surface area contributed by atoms with Gasteiger partial charge in [0.15, 0.2) is 0 Å². The Bertz CT molecular complexity index is 25.2. The summed E-state index contributed by atoms with van der Waals surface area (Å²) in [7, 11) is 0. The van der Waals surface area contributed by atoms with Crippen LogP contribution in [-0.4, -0.2) is 54.6 Å². The fourth-order valence-corrected chi connectivity index (χ4v) is 0. The van der Waals surface area contributed by atoms with Crippen LogP contribution in [0.15, 0.2) is 0 Å². The molecule has 7 heavy (non-hydrogen) atoms. The largest absolute Gasteiger partial charge is 1.00 e. The maximum Gasteiger partial charge on any atom is 1.00 e. The van der Waals surface area contributed by atoms with Gasteiger partial charge in [0.25, 0.3) is 0 Å². The molecule has 0 radical (unpaired) electrons. The Morgan fingerprint density at radius 2 is 0.714 bits per heavy atom. The Kier molecular flexibility index (Phi) is 25.8. The van der Waals surface area contributed by atoms with Gasteiger partial charge in [-0.2, -0.15) is 0 Å². The smallest absolute Gasteiger partial charge is 1.00 e. The zero-order chi connectivity index (χ0) is 4.50. The van der Waals surface area contributed by atoms with Gasteiger partial charge < -0.3 is 0 Å². The molecule has 0 spiro atoms. The molecule has 36 valence electrons. The van der Waals surface area contributed by atoms with Crippen molar-refractivity contribution in [2.24, 2.45) is 0 Å². The Morgan fingerprint density at radius 3 is 0.714 bits per heavy atom. The number of halogens is 4.